The van der Waals surface area contributed by atoms with Crippen molar-refractivity contribution in [2.45, 2.75) is 32.9 Å². The number of nitrogens with one attached hydrogen (secondary N) is 1. The summed E-state index contributed by atoms with van der Waals surface area (Å²) in [4.78, 5) is 2.26. The fourth-order valence-electron chi connectivity index (χ4n) is 2.47. The average Bonchev–Trinajstić information content (AvgIpc) is 2.98. The fraction of sp³-hybridized carbons (Fsp3) is 0.444. The van der Waals surface area contributed by atoms with E-state index in [0.717, 1.165) is 31.9 Å². The van der Waals surface area contributed by atoms with Gasteiger partial charge in [-0.2, -0.15) is 0 Å². The molecule has 0 amide bonds. The van der Waals surface area contributed by atoms with Crippen molar-refractivity contribution in [1.82, 2.24) is 10.2 Å². The highest BCUT2D eigenvalue weighted by molar-refractivity contribution is 5.25. The number of rotatable bonds is 8. The van der Waals surface area contributed by atoms with Gasteiger partial charge in [0.15, 0.2) is 0 Å². The Balaban J connectivity index is 1.86. The van der Waals surface area contributed by atoms with Crippen LogP contribution in [0.3, 0.4) is 0 Å². The number of nitrogens with zero attached hydrogens (tertiary/aromatic N) is 1. The predicted octanol–water partition coefficient (Wildman–Crippen LogP) is 3.62. The lowest BCUT2D eigenvalue weighted by molar-refractivity contribution is 0.288. The first-order valence-electron chi connectivity index (χ1n) is 7.69. The quantitative estimate of drug-likeness (QED) is 0.803. The van der Waals surface area contributed by atoms with Gasteiger partial charge in [-0.3, -0.25) is 4.90 Å². The van der Waals surface area contributed by atoms with Crippen molar-refractivity contribution in [1.29, 1.82) is 0 Å². The van der Waals surface area contributed by atoms with Crippen molar-refractivity contribution in [3.8, 4) is 0 Å². The van der Waals surface area contributed by atoms with Crippen LogP contribution >= 0.6 is 0 Å². The molecule has 1 atom stereocenters. The molecule has 3 nitrogen and oxygen atoms in total. The molecule has 0 aliphatic heterocycles. The maximum Gasteiger partial charge on any atom is 0.117 e. The molecular formula is C18H26N2O. The summed E-state index contributed by atoms with van der Waals surface area (Å²) in [5.74, 6) is 1.56. The molecule has 0 bridgehead atoms. The molecule has 114 valence electrons. The molecule has 2 aromatic rings. The van der Waals surface area contributed by atoms with Gasteiger partial charge in [0, 0.05) is 13.1 Å². The van der Waals surface area contributed by atoms with E-state index in [1.54, 1.807) is 6.26 Å². The third-order valence-corrected chi connectivity index (χ3v) is 3.71. The van der Waals surface area contributed by atoms with Gasteiger partial charge in [-0.15, -0.1) is 0 Å². The monoisotopic (exact) mass is 286 g/mol. The number of likely N-dealkylation sites (N-methyl/N-ethyl adjacent to an activating group) is 1. The standard InChI is InChI=1S/C18H26N2O/c1-4-19-12-15(2)17-9-7-16(8-10-17)13-20(3)14-18-6-5-11-21-18/h5-11,15,19H,4,12-14H2,1-3H3. The molecule has 0 aliphatic rings. The lowest BCUT2D eigenvalue weighted by Crippen LogP contribution is -2.19. The molecule has 0 fully saturated rings. The van der Waals surface area contributed by atoms with Gasteiger partial charge in [-0.1, -0.05) is 38.1 Å². The molecule has 0 saturated heterocycles. The van der Waals surface area contributed by atoms with Crippen LogP contribution in [0.1, 0.15) is 36.7 Å². The minimum absolute atomic E-state index is 0.555. The lowest BCUT2D eigenvalue weighted by Gasteiger charge is -2.17. The van der Waals surface area contributed by atoms with E-state index in [1.165, 1.54) is 11.1 Å². The topological polar surface area (TPSA) is 28.4 Å². The van der Waals surface area contributed by atoms with Gasteiger partial charge < -0.3 is 9.73 Å². The second-order valence-electron chi connectivity index (χ2n) is 5.70. The van der Waals surface area contributed by atoms with E-state index >= 15 is 0 Å². The van der Waals surface area contributed by atoms with E-state index in [4.69, 9.17) is 4.42 Å². The zero-order valence-electron chi connectivity index (χ0n) is 13.3. The maximum absolute atomic E-state index is 5.38. The fourth-order valence-corrected chi connectivity index (χ4v) is 2.47. The Morgan fingerprint density at radius 3 is 2.52 bits per heavy atom. The molecule has 1 N–H and O–H groups in total. The van der Waals surface area contributed by atoms with Crippen molar-refractivity contribution >= 4 is 0 Å². The first kappa shape index (κ1) is 15.8. The molecule has 1 heterocycles. The first-order chi connectivity index (χ1) is 10.2. The minimum Gasteiger partial charge on any atom is -0.468 e. The van der Waals surface area contributed by atoms with Crippen LogP contribution in [-0.2, 0) is 13.1 Å². The van der Waals surface area contributed by atoms with Gasteiger partial charge in [0.1, 0.15) is 5.76 Å². The van der Waals surface area contributed by atoms with Gasteiger partial charge in [-0.05, 0) is 42.8 Å². The second-order valence-corrected chi connectivity index (χ2v) is 5.70. The smallest absolute Gasteiger partial charge is 0.117 e. The molecule has 0 spiro atoms. The van der Waals surface area contributed by atoms with Crippen LogP contribution < -0.4 is 5.32 Å². The highest BCUT2D eigenvalue weighted by Gasteiger charge is 2.06. The third-order valence-electron chi connectivity index (χ3n) is 3.71. The summed E-state index contributed by atoms with van der Waals surface area (Å²) in [5.41, 5.74) is 2.73. The maximum atomic E-state index is 5.38. The Kier molecular flexibility index (Phi) is 6.03. The van der Waals surface area contributed by atoms with Crippen LogP contribution in [0.4, 0.5) is 0 Å². The molecule has 1 unspecified atom stereocenters. The van der Waals surface area contributed by atoms with Crippen LogP contribution in [0.2, 0.25) is 0 Å². The van der Waals surface area contributed by atoms with Crippen molar-refractivity contribution in [2.75, 3.05) is 20.1 Å². The van der Waals surface area contributed by atoms with Crippen LogP contribution in [0.15, 0.2) is 47.1 Å². The molecule has 21 heavy (non-hydrogen) atoms. The van der Waals surface area contributed by atoms with Gasteiger partial charge in [0.05, 0.1) is 12.8 Å². The second kappa shape index (κ2) is 8.01. The van der Waals surface area contributed by atoms with Crippen LogP contribution in [0.5, 0.6) is 0 Å². The zero-order valence-corrected chi connectivity index (χ0v) is 13.3. The van der Waals surface area contributed by atoms with Crippen molar-refractivity contribution in [2.24, 2.45) is 0 Å². The third kappa shape index (κ3) is 5.03. The Hall–Kier alpha value is -1.58. The predicted molar refractivity (Wildman–Crippen MR) is 87.3 cm³/mol. The Bertz CT molecular complexity index is 505. The van der Waals surface area contributed by atoms with Crippen molar-refractivity contribution < 1.29 is 4.42 Å². The van der Waals surface area contributed by atoms with E-state index in [9.17, 15) is 0 Å². The molecule has 3 heteroatoms. The molecule has 0 aliphatic carbocycles. The normalized spacial score (nSPS) is 12.8. The highest BCUT2D eigenvalue weighted by Crippen LogP contribution is 2.16. The highest BCUT2D eigenvalue weighted by atomic mass is 16.3. The number of hydrogen-bond donors (Lipinski definition) is 1. The van der Waals surface area contributed by atoms with E-state index < -0.39 is 0 Å². The van der Waals surface area contributed by atoms with Gasteiger partial charge >= 0.3 is 0 Å². The Morgan fingerprint density at radius 1 is 1.14 bits per heavy atom. The molecule has 0 radical (unpaired) electrons. The SMILES string of the molecule is CCNCC(C)c1ccc(CN(C)Cc2ccco2)cc1. The van der Waals surface area contributed by atoms with E-state index in [0.29, 0.717) is 5.92 Å². The van der Waals surface area contributed by atoms with Crippen molar-refractivity contribution in [3.63, 3.8) is 0 Å². The summed E-state index contributed by atoms with van der Waals surface area (Å²) in [5, 5.41) is 3.40. The van der Waals surface area contributed by atoms with E-state index in [1.807, 2.05) is 12.1 Å². The van der Waals surface area contributed by atoms with E-state index in [-0.39, 0.29) is 0 Å². The van der Waals surface area contributed by atoms with Crippen LogP contribution in [-0.4, -0.2) is 25.0 Å². The summed E-state index contributed by atoms with van der Waals surface area (Å²) < 4.78 is 5.38. The summed E-state index contributed by atoms with van der Waals surface area (Å²) in [6, 6.07) is 12.9. The minimum atomic E-state index is 0.555. The molecule has 0 saturated carbocycles. The summed E-state index contributed by atoms with van der Waals surface area (Å²) >= 11 is 0. The van der Waals surface area contributed by atoms with Crippen LogP contribution in [0, 0.1) is 0 Å². The summed E-state index contributed by atoms with van der Waals surface area (Å²) in [6.45, 7) is 8.24. The summed E-state index contributed by atoms with van der Waals surface area (Å²) in [6.07, 6.45) is 1.73. The van der Waals surface area contributed by atoms with Crippen LogP contribution in [0.25, 0.3) is 0 Å². The lowest BCUT2D eigenvalue weighted by atomic mass is 9.99. The number of furan rings is 1. The largest absolute Gasteiger partial charge is 0.468 e. The summed E-state index contributed by atoms with van der Waals surface area (Å²) in [7, 11) is 2.12. The van der Waals surface area contributed by atoms with Gasteiger partial charge in [0.2, 0.25) is 0 Å². The van der Waals surface area contributed by atoms with Gasteiger partial charge in [0.25, 0.3) is 0 Å². The van der Waals surface area contributed by atoms with Gasteiger partial charge in [-0.25, -0.2) is 0 Å². The Labute approximate surface area is 128 Å². The molecule has 2 rings (SSSR count). The Morgan fingerprint density at radius 2 is 1.90 bits per heavy atom. The van der Waals surface area contributed by atoms with Crippen molar-refractivity contribution in [3.05, 3.63) is 59.5 Å². The first-order valence-corrected chi connectivity index (χ1v) is 7.69. The molecular weight excluding hydrogens is 260 g/mol. The van der Waals surface area contributed by atoms with E-state index in [2.05, 4.69) is 55.4 Å². The number of hydrogen-bond acceptors (Lipinski definition) is 3. The molecule has 1 aromatic heterocycles. The number of benzene rings is 1. The zero-order chi connectivity index (χ0) is 15.1. The molecule has 1 aromatic carbocycles. The average molecular weight is 286 g/mol.